The number of hydrogen-bond acceptors (Lipinski definition) is 1. The summed E-state index contributed by atoms with van der Waals surface area (Å²) in [5.74, 6) is 1.19. The van der Waals surface area contributed by atoms with Crippen LogP contribution < -0.4 is 0 Å². The van der Waals surface area contributed by atoms with Gasteiger partial charge in [-0.1, -0.05) is 25.5 Å². The zero-order valence-electron chi connectivity index (χ0n) is 8.55. The Kier molecular flexibility index (Phi) is 1.90. The summed E-state index contributed by atoms with van der Waals surface area (Å²) in [5.41, 5.74) is 3.69. The maximum atomic E-state index is 11.8. The molecule has 1 heteroatoms. The third kappa shape index (κ3) is 1.18. The van der Waals surface area contributed by atoms with Crippen molar-refractivity contribution in [1.29, 1.82) is 0 Å². The van der Waals surface area contributed by atoms with E-state index in [0.717, 1.165) is 18.4 Å². The smallest absolute Gasteiger partial charge is 0.166 e. The molecular formula is C12H16O. The van der Waals surface area contributed by atoms with E-state index >= 15 is 0 Å². The number of allylic oxidation sites excluding steroid dienone is 4. The van der Waals surface area contributed by atoms with E-state index in [-0.39, 0.29) is 5.92 Å². The fourth-order valence-corrected chi connectivity index (χ4v) is 2.42. The highest BCUT2D eigenvalue weighted by Crippen LogP contribution is 2.40. The van der Waals surface area contributed by atoms with Crippen molar-refractivity contribution in [3.05, 3.63) is 22.8 Å². The Morgan fingerprint density at radius 3 is 2.62 bits per heavy atom. The lowest BCUT2D eigenvalue weighted by atomic mass is 9.86. The van der Waals surface area contributed by atoms with E-state index in [1.807, 2.05) is 6.92 Å². The fraction of sp³-hybridized carbons (Fsp3) is 0.583. The van der Waals surface area contributed by atoms with Gasteiger partial charge in [-0.3, -0.25) is 4.79 Å². The lowest BCUT2D eigenvalue weighted by Gasteiger charge is -2.18. The first kappa shape index (κ1) is 8.74. The third-order valence-electron chi connectivity index (χ3n) is 3.31. The van der Waals surface area contributed by atoms with Gasteiger partial charge in [0.05, 0.1) is 0 Å². The molecule has 2 atom stereocenters. The Labute approximate surface area is 79.5 Å². The monoisotopic (exact) mass is 176 g/mol. The maximum Gasteiger partial charge on any atom is 0.166 e. The Balaban J connectivity index is 2.45. The highest BCUT2D eigenvalue weighted by Gasteiger charge is 2.34. The van der Waals surface area contributed by atoms with Gasteiger partial charge in [0.1, 0.15) is 0 Å². The zero-order chi connectivity index (χ0) is 9.59. The molecule has 2 aliphatic carbocycles. The molecule has 13 heavy (non-hydrogen) atoms. The standard InChI is InChI=1S/C12H16O/c1-7-4-5-8(2)11-10(7)6-9(3)12(11)13/h5,7,9H,4,6H2,1-3H3. The molecule has 0 amide bonds. The van der Waals surface area contributed by atoms with Crippen molar-refractivity contribution in [2.45, 2.75) is 33.6 Å². The summed E-state index contributed by atoms with van der Waals surface area (Å²) in [7, 11) is 0. The summed E-state index contributed by atoms with van der Waals surface area (Å²) in [6, 6.07) is 0. The molecule has 0 aromatic carbocycles. The second-order valence-electron chi connectivity index (χ2n) is 4.39. The number of carbonyl (C=O) groups excluding carboxylic acids is 1. The van der Waals surface area contributed by atoms with Gasteiger partial charge < -0.3 is 0 Å². The zero-order valence-corrected chi connectivity index (χ0v) is 8.55. The topological polar surface area (TPSA) is 17.1 Å². The molecule has 0 aromatic heterocycles. The van der Waals surface area contributed by atoms with Crippen LogP contribution in [0.15, 0.2) is 22.8 Å². The molecule has 0 heterocycles. The summed E-state index contributed by atoms with van der Waals surface area (Å²) in [6.45, 7) is 6.33. The largest absolute Gasteiger partial charge is 0.294 e. The van der Waals surface area contributed by atoms with Crippen LogP contribution in [-0.4, -0.2) is 5.78 Å². The van der Waals surface area contributed by atoms with Crippen LogP contribution in [0, 0.1) is 11.8 Å². The number of Topliss-reactive ketones (excluding diaryl/α,β-unsaturated/α-hetero) is 1. The van der Waals surface area contributed by atoms with Crippen LogP contribution >= 0.6 is 0 Å². The number of carbonyl (C=O) groups is 1. The van der Waals surface area contributed by atoms with Gasteiger partial charge in [-0.05, 0) is 31.3 Å². The molecule has 2 rings (SSSR count). The molecule has 0 aromatic rings. The van der Waals surface area contributed by atoms with Gasteiger partial charge in [0.2, 0.25) is 0 Å². The first-order valence-electron chi connectivity index (χ1n) is 5.05. The van der Waals surface area contributed by atoms with E-state index in [9.17, 15) is 4.79 Å². The Morgan fingerprint density at radius 2 is 2.00 bits per heavy atom. The number of rotatable bonds is 0. The first-order chi connectivity index (χ1) is 6.11. The molecule has 0 fully saturated rings. The van der Waals surface area contributed by atoms with Gasteiger partial charge in [0, 0.05) is 11.5 Å². The van der Waals surface area contributed by atoms with Crippen LogP contribution in [-0.2, 0) is 4.79 Å². The minimum atomic E-state index is 0.230. The van der Waals surface area contributed by atoms with Gasteiger partial charge in [-0.25, -0.2) is 0 Å². The van der Waals surface area contributed by atoms with E-state index in [4.69, 9.17) is 0 Å². The van der Waals surface area contributed by atoms with Crippen LogP contribution in [0.4, 0.5) is 0 Å². The molecule has 2 aliphatic rings. The molecule has 0 spiro atoms. The molecular weight excluding hydrogens is 160 g/mol. The second kappa shape index (κ2) is 2.83. The van der Waals surface area contributed by atoms with Crippen molar-refractivity contribution >= 4 is 5.78 Å². The van der Waals surface area contributed by atoms with Crippen molar-refractivity contribution < 1.29 is 4.79 Å². The quantitative estimate of drug-likeness (QED) is 0.554. The van der Waals surface area contributed by atoms with Crippen molar-refractivity contribution in [2.24, 2.45) is 11.8 Å². The Morgan fingerprint density at radius 1 is 1.31 bits per heavy atom. The Hall–Kier alpha value is -0.850. The minimum Gasteiger partial charge on any atom is -0.294 e. The molecule has 0 bridgehead atoms. The van der Waals surface area contributed by atoms with Crippen LogP contribution in [0.3, 0.4) is 0 Å². The lowest BCUT2D eigenvalue weighted by molar-refractivity contribution is -0.117. The minimum absolute atomic E-state index is 0.230. The number of hydrogen-bond donors (Lipinski definition) is 0. The van der Waals surface area contributed by atoms with Crippen LogP contribution in [0.25, 0.3) is 0 Å². The van der Waals surface area contributed by atoms with Crippen LogP contribution in [0.5, 0.6) is 0 Å². The van der Waals surface area contributed by atoms with E-state index < -0.39 is 0 Å². The molecule has 1 nitrogen and oxygen atoms in total. The second-order valence-corrected chi connectivity index (χ2v) is 4.39. The maximum absolute atomic E-state index is 11.8. The predicted octanol–water partition coefficient (Wildman–Crippen LogP) is 2.88. The summed E-state index contributed by atoms with van der Waals surface area (Å²) >= 11 is 0. The van der Waals surface area contributed by atoms with E-state index in [0.29, 0.717) is 11.7 Å². The van der Waals surface area contributed by atoms with Crippen molar-refractivity contribution in [3.63, 3.8) is 0 Å². The normalized spacial score (nSPS) is 33.5. The highest BCUT2D eigenvalue weighted by atomic mass is 16.1. The summed E-state index contributed by atoms with van der Waals surface area (Å²) in [4.78, 5) is 11.8. The molecule has 2 unspecified atom stereocenters. The first-order valence-corrected chi connectivity index (χ1v) is 5.05. The summed E-state index contributed by atoms with van der Waals surface area (Å²) in [5, 5.41) is 0. The van der Waals surface area contributed by atoms with Crippen molar-refractivity contribution in [1.82, 2.24) is 0 Å². The van der Waals surface area contributed by atoms with E-state index in [2.05, 4.69) is 19.9 Å². The number of ketones is 1. The molecule has 0 saturated carbocycles. The molecule has 0 radical (unpaired) electrons. The van der Waals surface area contributed by atoms with Crippen LogP contribution in [0.1, 0.15) is 33.6 Å². The summed E-state index contributed by atoms with van der Waals surface area (Å²) < 4.78 is 0. The predicted molar refractivity (Wildman–Crippen MR) is 53.4 cm³/mol. The van der Waals surface area contributed by atoms with Gasteiger partial charge in [0.15, 0.2) is 5.78 Å². The van der Waals surface area contributed by atoms with Gasteiger partial charge in [-0.2, -0.15) is 0 Å². The summed E-state index contributed by atoms with van der Waals surface area (Å²) in [6.07, 6.45) is 4.32. The molecule has 0 aliphatic heterocycles. The fourth-order valence-electron chi connectivity index (χ4n) is 2.42. The lowest BCUT2D eigenvalue weighted by Crippen LogP contribution is -2.09. The van der Waals surface area contributed by atoms with Crippen LogP contribution in [0.2, 0.25) is 0 Å². The van der Waals surface area contributed by atoms with E-state index in [1.165, 1.54) is 11.1 Å². The SMILES string of the molecule is CC1=CCC(C)C2=C1C(=O)C(C)C2. The molecule has 0 N–H and O–H groups in total. The van der Waals surface area contributed by atoms with Gasteiger partial charge in [-0.15, -0.1) is 0 Å². The average Bonchev–Trinajstić information content (AvgIpc) is 2.38. The van der Waals surface area contributed by atoms with E-state index in [1.54, 1.807) is 0 Å². The van der Waals surface area contributed by atoms with Crippen molar-refractivity contribution in [2.75, 3.05) is 0 Å². The van der Waals surface area contributed by atoms with Crippen molar-refractivity contribution in [3.8, 4) is 0 Å². The Bertz CT molecular complexity index is 320. The third-order valence-corrected chi connectivity index (χ3v) is 3.31. The molecule has 0 saturated heterocycles. The molecule has 70 valence electrons. The van der Waals surface area contributed by atoms with Gasteiger partial charge in [0.25, 0.3) is 0 Å². The highest BCUT2D eigenvalue weighted by molar-refractivity contribution is 6.04. The average molecular weight is 176 g/mol. The van der Waals surface area contributed by atoms with Gasteiger partial charge >= 0.3 is 0 Å².